The van der Waals surface area contributed by atoms with Crippen molar-refractivity contribution in [1.82, 2.24) is 14.3 Å². The Hall–Kier alpha value is -1.56. The third kappa shape index (κ3) is 2.33. The van der Waals surface area contributed by atoms with Crippen LogP contribution in [-0.4, -0.2) is 21.5 Å². The average molecular weight is 312 g/mol. The highest BCUT2D eigenvalue weighted by molar-refractivity contribution is 9.10. The minimum atomic E-state index is -0.189. The molecule has 96 valence electrons. The van der Waals surface area contributed by atoms with Gasteiger partial charge in [0.05, 0.1) is 13.7 Å². The van der Waals surface area contributed by atoms with Gasteiger partial charge in [0, 0.05) is 11.5 Å². The van der Waals surface area contributed by atoms with Crippen LogP contribution < -0.4 is 10.4 Å². The maximum atomic E-state index is 11.9. The van der Waals surface area contributed by atoms with E-state index in [1.165, 1.54) is 16.4 Å². The lowest BCUT2D eigenvalue weighted by Crippen LogP contribution is -2.23. The zero-order valence-electron chi connectivity index (χ0n) is 10.5. The lowest BCUT2D eigenvalue weighted by Gasteiger charge is -2.08. The van der Waals surface area contributed by atoms with Crippen molar-refractivity contribution in [3.8, 4) is 6.01 Å². The zero-order chi connectivity index (χ0) is 13.3. The van der Waals surface area contributed by atoms with Crippen molar-refractivity contribution in [2.24, 2.45) is 7.05 Å². The molecule has 0 amide bonds. The Morgan fingerprint density at radius 3 is 2.83 bits per heavy atom. The fourth-order valence-corrected chi connectivity index (χ4v) is 2.16. The number of nitrogens with zero attached hydrogens (tertiary/aromatic N) is 3. The fraction of sp³-hybridized carbons (Fsp3) is 0.333. The molecule has 0 atom stereocenters. The highest BCUT2D eigenvalue weighted by Gasteiger charge is 2.12. The Morgan fingerprint density at radius 1 is 1.44 bits per heavy atom. The van der Waals surface area contributed by atoms with E-state index in [0.717, 1.165) is 15.6 Å². The lowest BCUT2D eigenvalue weighted by molar-refractivity contribution is 0.357. The van der Waals surface area contributed by atoms with Gasteiger partial charge in [-0.15, -0.1) is 5.10 Å². The van der Waals surface area contributed by atoms with Crippen LogP contribution in [0, 0.1) is 6.92 Å². The van der Waals surface area contributed by atoms with Crippen molar-refractivity contribution >= 4 is 15.9 Å². The van der Waals surface area contributed by atoms with E-state index in [2.05, 4.69) is 21.0 Å². The van der Waals surface area contributed by atoms with Crippen LogP contribution in [0.25, 0.3) is 0 Å². The molecule has 2 rings (SSSR count). The molecule has 1 heterocycles. The van der Waals surface area contributed by atoms with Gasteiger partial charge in [-0.2, -0.15) is 0 Å². The molecule has 0 aliphatic carbocycles. The first kappa shape index (κ1) is 12.9. The topological polar surface area (TPSA) is 49.1 Å². The number of hydrogen-bond acceptors (Lipinski definition) is 3. The smallest absolute Gasteiger partial charge is 0.348 e. The molecular formula is C12H14BrN3O2. The first-order valence-corrected chi connectivity index (χ1v) is 6.25. The fourth-order valence-electron chi connectivity index (χ4n) is 1.75. The number of rotatable bonds is 3. The van der Waals surface area contributed by atoms with Gasteiger partial charge < -0.3 is 4.74 Å². The van der Waals surface area contributed by atoms with Crippen molar-refractivity contribution < 1.29 is 4.74 Å². The summed E-state index contributed by atoms with van der Waals surface area (Å²) in [4.78, 5) is 11.9. The van der Waals surface area contributed by atoms with Crippen molar-refractivity contribution in [3.05, 3.63) is 44.3 Å². The third-order valence-electron chi connectivity index (χ3n) is 2.80. The minimum absolute atomic E-state index is 0.189. The van der Waals surface area contributed by atoms with Gasteiger partial charge in [-0.05, 0) is 30.2 Å². The van der Waals surface area contributed by atoms with Crippen LogP contribution in [0.4, 0.5) is 0 Å². The van der Waals surface area contributed by atoms with Crippen LogP contribution in [-0.2, 0) is 13.6 Å². The maximum absolute atomic E-state index is 11.9. The molecule has 0 bridgehead atoms. The molecule has 1 aromatic carbocycles. The number of methoxy groups -OCH3 is 1. The normalized spacial score (nSPS) is 10.7. The van der Waals surface area contributed by atoms with Crippen LogP contribution in [0.1, 0.15) is 11.1 Å². The van der Waals surface area contributed by atoms with Gasteiger partial charge in [0.1, 0.15) is 0 Å². The first-order chi connectivity index (χ1) is 8.52. The number of benzene rings is 1. The number of halogens is 1. The Labute approximate surface area is 113 Å². The van der Waals surface area contributed by atoms with Crippen molar-refractivity contribution in [2.75, 3.05) is 7.11 Å². The average Bonchev–Trinajstić information content (AvgIpc) is 2.61. The standard InChI is InChI=1S/C12H14BrN3O2/c1-8-4-5-10(13)6-9(8)7-16-11(18-3)14-15(2)12(16)17/h4-6H,7H2,1-3H3. The number of aromatic nitrogens is 3. The first-order valence-electron chi connectivity index (χ1n) is 5.45. The van der Waals surface area contributed by atoms with E-state index in [4.69, 9.17) is 4.74 Å². The summed E-state index contributed by atoms with van der Waals surface area (Å²) < 4.78 is 8.87. The minimum Gasteiger partial charge on any atom is -0.467 e. The van der Waals surface area contributed by atoms with Gasteiger partial charge in [0.2, 0.25) is 0 Å². The molecule has 2 aromatic rings. The number of hydrogen-bond donors (Lipinski definition) is 0. The van der Waals surface area contributed by atoms with E-state index < -0.39 is 0 Å². The number of aryl methyl sites for hydroxylation is 2. The molecule has 18 heavy (non-hydrogen) atoms. The summed E-state index contributed by atoms with van der Waals surface area (Å²) in [6.07, 6.45) is 0. The highest BCUT2D eigenvalue weighted by Crippen LogP contribution is 2.18. The monoisotopic (exact) mass is 311 g/mol. The van der Waals surface area contributed by atoms with Gasteiger partial charge in [0.25, 0.3) is 0 Å². The van der Waals surface area contributed by atoms with Gasteiger partial charge >= 0.3 is 11.7 Å². The lowest BCUT2D eigenvalue weighted by atomic mass is 10.1. The molecule has 0 spiro atoms. The molecule has 5 nitrogen and oxygen atoms in total. The zero-order valence-corrected chi connectivity index (χ0v) is 12.1. The van der Waals surface area contributed by atoms with E-state index >= 15 is 0 Å². The summed E-state index contributed by atoms with van der Waals surface area (Å²) in [5.74, 6) is 0. The molecule has 0 saturated carbocycles. The van der Waals surface area contributed by atoms with Crippen LogP contribution in [0.5, 0.6) is 6.01 Å². The summed E-state index contributed by atoms with van der Waals surface area (Å²) >= 11 is 3.43. The Morgan fingerprint density at radius 2 is 2.17 bits per heavy atom. The SMILES string of the molecule is COc1nn(C)c(=O)n1Cc1cc(Br)ccc1C. The van der Waals surface area contributed by atoms with E-state index in [0.29, 0.717) is 12.6 Å². The third-order valence-corrected chi connectivity index (χ3v) is 3.29. The van der Waals surface area contributed by atoms with Crippen LogP contribution in [0.2, 0.25) is 0 Å². The van der Waals surface area contributed by atoms with Gasteiger partial charge in [-0.25, -0.2) is 14.0 Å². The molecule has 0 saturated heterocycles. The second kappa shape index (κ2) is 4.97. The van der Waals surface area contributed by atoms with Crippen molar-refractivity contribution in [3.63, 3.8) is 0 Å². The summed E-state index contributed by atoms with van der Waals surface area (Å²) in [5, 5.41) is 4.01. The van der Waals surface area contributed by atoms with E-state index in [9.17, 15) is 4.79 Å². The summed E-state index contributed by atoms with van der Waals surface area (Å²) in [6, 6.07) is 6.30. The molecule has 0 N–H and O–H groups in total. The molecule has 6 heteroatoms. The van der Waals surface area contributed by atoms with E-state index in [1.807, 2.05) is 25.1 Å². The van der Waals surface area contributed by atoms with Crippen LogP contribution >= 0.6 is 15.9 Å². The molecule has 1 aromatic heterocycles. The van der Waals surface area contributed by atoms with E-state index in [-0.39, 0.29) is 5.69 Å². The molecule has 0 unspecified atom stereocenters. The number of ether oxygens (including phenoxy) is 1. The van der Waals surface area contributed by atoms with Crippen molar-refractivity contribution in [2.45, 2.75) is 13.5 Å². The maximum Gasteiger partial charge on any atom is 0.348 e. The second-order valence-corrected chi connectivity index (χ2v) is 4.97. The summed E-state index contributed by atoms with van der Waals surface area (Å²) in [5.41, 5.74) is 1.99. The molecule has 0 radical (unpaired) electrons. The second-order valence-electron chi connectivity index (χ2n) is 4.05. The molecule has 0 aliphatic heterocycles. The van der Waals surface area contributed by atoms with Crippen molar-refractivity contribution in [1.29, 1.82) is 0 Å². The Bertz CT molecular complexity index is 631. The Kier molecular flexibility index (Phi) is 3.56. The van der Waals surface area contributed by atoms with Gasteiger partial charge in [0.15, 0.2) is 0 Å². The van der Waals surface area contributed by atoms with Gasteiger partial charge in [-0.1, -0.05) is 22.0 Å². The van der Waals surface area contributed by atoms with E-state index in [1.54, 1.807) is 7.05 Å². The molecule has 0 aliphatic rings. The summed E-state index contributed by atoms with van der Waals surface area (Å²) in [6.45, 7) is 2.46. The quantitative estimate of drug-likeness (QED) is 0.867. The predicted molar refractivity (Wildman–Crippen MR) is 72.0 cm³/mol. The predicted octanol–water partition coefficient (Wildman–Crippen LogP) is 1.71. The van der Waals surface area contributed by atoms with Gasteiger partial charge in [-0.3, -0.25) is 0 Å². The Balaban J connectivity index is 2.45. The molecule has 0 fully saturated rings. The molecular weight excluding hydrogens is 298 g/mol. The largest absolute Gasteiger partial charge is 0.467 e. The summed E-state index contributed by atoms with van der Waals surface area (Å²) in [7, 11) is 3.11. The van der Waals surface area contributed by atoms with Crippen LogP contribution in [0.15, 0.2) is 27.5 Å². The highest BCUT2D eigenvalue weighted by atomic mass is 79.9. The van der Waals surface area contributed by atoms with Crippen LogP contribution in [0.3, 0.4) is 0 Å².